The van der Waals surface area contributed by atoms with Crippen LogP contribution in [0.4, 0.5) is 0 Å². The fourth-order valence-electron chi connectivity index (χ4n) is 4.69. The van der Waals surface area contributed by atoms with E-state index in [-0.39, 0.29) is 10.8 Å². The minimum Gasteiger partial charge on any atom is -0.497 e. The Morgan fingerprint density at radius 2 is 2.06 bits per heavy atom. The Hall–Kier alpha value is -3.27. The Morgan fingerprint density at radius 3 is 2.76 bits per heavy atom. The van der Waals surface area contributed by atoms with E-state index < -0.39 is 30.6 Å². The predicted octanol–water partition coefficient (Wildman–Crippen LogP) is 2.96. The highest BCUT2D eigenvalue weighted by Crippen LogP contribution is 2.47. The van der Waals surface area contributed by atoms with Crippen molar-refractivity contribution in [3.05, 3.63) is 54.0 Å². The summed E-state index contributed by atoms with van der Waals surface area (Å²) >= 11 is 1.58. The highest BCUT2D eigenvalue weighted by molar-refractivity contribution is 8.01. The Balaban J connectivity index is 1.30. The Kier molecular flexibility index (Phi) is 5.85. The number of hydrogen-bond acceptors (Lipinski definition) is 8. The number of carbonyl (C=O) groups is 3. The van der Waals surface area contributed by atoms with E-state index in [1.807, 2.05) is 31.2 Å². The van der Waals surface area contributed by atoms with Crippen LogP contribution in [-0.4, -0.2) is 63.8 Å². The van der Waals surface area contributed by atoms with Crippen LogP contribution in [0.3, 0.4) is 0 Å². The van der Waals surface area contributed by atoms with Crippen LogP contribution in [0.5, 0.6) is 5.75 Å². The van der Waals surface area contributed by atoms with Gasteiger partial charge in [0.05, 0.1) is 24.0 Å². The molecule has 0 N–H and O–H groups in total. The minimum atomic E-state index is -0.671. The molecule has 2 saturated heterocycles. The van der Waals surface area contributed by atoms with Crippen molar-refractivity contribution in [3.8, 4) is 5.75 Å². The fraction of sp³-hybridized carbons (Fsp3) is 0.417. The van der Waals surface area contributed by atoms with Crippen LogP contribution in [0.15, 0.2) is 52.2 Å². The first-order valence-corrected chi connectivity index (χ1v) is 12.1. The van der Waals surface area contributed by atoms with Crippen LogP contribution in [0.1, 0.15) is 43.6 Å². The van der Waals surface area contributed by atoms with Crippen molar-refractivity contribution in [1.29, 1.82) is 0 Å². The molecule has 0 radical (unpaired) electrons. The molecule has 2 fully saturated rings. The summed E-state index contributed by atoms with van der Waals surface area (Å²) in [6.45, 7) is 1.50. The van der Waals surface area contributed by atoms with E-state index in [4.69, 9.17) is 13.9 Å². The summed E-state index contributed by atoms with van der Waals surface area (Å²) in [5, 5.41) is 5.86. The van der Waals surface area contributed by atoms with Crippen molar-refractivity contribution in [3.63, 3.8) is 0 Å². The molecule has 34 heavy (non-hydrogen) atoms. The number of furan rings is 1. The smallest absolute Gasteiger partial charge is 0.330 e. The number of hydrogen-bond donors (Lipinski definition) is 0. The molecule has 0 bridgehead atoms. The Labute approximate surface area is 201 Å². The third kappa shape index (κ3) is 3.96. The lowest BCUT2D eigenvalue weighted by atomic mass is 10.0. The Morgan fingerprint density at radius 1 is 1.26 bits per heavy atom. The number of esters is 1. The third-order valence-corrected chi connectivity index (χ3v) is 8.02. The Bertz CT molecular complexity index is 1130. The van der Waals surface area contributed by atoms with Gasteiger partial charge in [0.25, 0.3) is 5.91 Å². The molecule has 1 aromatic carbocycles. The monoisotopic (exact) mass is 483 g/mol. The average molecular weight is 484 g/mol. The van der Waals surface area contributed by atoms with E-state index in [1.54, 1.807) is 42.2 Å². The summed E-state index contributed by atoms with van der Waals surface area (Å²) in [7, 11) is 1.60. The number of rotatable bonds is 6. The maximum Gasteiger partial charge on any atom is 0.330 e. The fourth-order valence-corrected chi connectivity index (χ4v) is 6.11. The molecule has 10 heteroatoms. The summed E-state index contributed by atoms with van der Waals surface area (Å²) in [6.07, 6.45) is 3.14. The van der Waals surface area contributed by atoms with Crippen LogP contribution in [0, 0.1) is 0 Å². The summed E-state index contributed by atoms with van der Waals surface area (Å²) in [6, 6.07) is 9.86. The number of fused-ring (bicyclic) bond motifs is 1. The summed E-state index contributed by atoms with van der Waals surface area (Å²) in [5.74, 6) is 0.715. The molecule has 0 unspecified atom stereocenters. The SMILES string of the molecule is COc1ccc(C2=NN(C(=O)COC(=O)[C@@H]3CS[C@]4(C)CCC(=O)N34)[C@H](c3ccco3)C2)cc1. The van der Waals surface area contributed by atoms with Gasteiger partial charge in [-0.2, -0.15) is 5.10 Å². The molecule has 2 aromatic rings. The molecule has 1 aromatic heterocycles. The largest absolute Gasteiger partial charge is 0.497 e. The van der Waals surface area contributed by atoms with E-state index in [0.717, 1.165) is 11.3 Å². The van der Waals surface area contributed by atoms with Crippen molar-refractivity contribution < 1.29 is 28.3 Å². The first-order chi connectivity index (χ1) is 16.4. The van der Waals surface area contributed by atoms with Crippen LogP contribution in [0.25, 0.3) is 0 Å². The van der Waals surface area contributed by atoms with Crippen molar-refractivity contribution >= 4 is 35.3 Å². The lowest BCUT2D eigenvalue weighted by Crippen LogP contribution is -2.47. The molecule has 0 aliphatic carbocycles. The van der Waals surface area contributed by atoms with Gasteiger partial charge < -0.3 is 18.8 Å². The highest BCUT2D eigenvalue weighted by Gasteiger charge is 2.53. The topological polar surface area (TPSA) is 102 Å². The standard InChI is InChI=1S/C24H25N3O6S/c1-24-10-9-21(28)26(24)19(14-34-24)23(30)33-13-22(29)27-18(20-4-3-11-32-20)12-17(25-27)15-5-7-16(31-2)8-6-15/h3-8,11,18-19H,9-10,12-14H2,1-2H3/t18-,19-,24+/m0/s1. The molecule has 3 aliphatic heterocycles. The van der Waals surface area contributed by atoms with Crippen molar-refractivity contribution in [2.24, 2.45) is 5.10 Å². The summed E-state index contributed by atoms with van der Waals surface area (Å²) in [4.78, 5) is 39.4. The first kappa shape index (κ1) is 22.5. The van der Waals surface area contributed by atoms with E-state index in [2.05, 4.69) is 5.10 Å². The molecule has 3 aliphatic rings. The van der Waals surface area contributed by atoms with Crippen LogP contribution >= 0.6 is 11.8 Å². The zero-order valence-electron chi connectivity index (χ0n) is 18.9. The molecule has 0 saturated carbocycles. The molecule has 4 heterocycles. The molecule has 9 nitrogen and oxygen atoms in total. The van der Waals surface area contributed by atoms with E-state index in [9.17, 15) is 14.4 Å². The summed E-state index contributed by atoms with van der Waals surface area (Å²) in [5.41, 5.74) is 1.58. The van der Waals surface area contributed by atoms with Gasteiger partial charge in [0, 0.05) is 18.6 Å². The number of benzene rings is 1. The number of thioether (sulfide) groups is 1. The van der Waals surface area contributed by atoms with Gasteiger partial charge in [0.2, 0.25) is 5.91 Å². The maximum absolute atomic E-state index is 13.1. The number of carbonyl (C=O) groups excluding carboxylic acids is 3. The van der Waals surface area contributed by atoms with Crippen LogP contribution < -0.4 is 4.74 Å². The van der Waals surface area contributed by atoms with Gasteiger partial charge in [-0.3, -0.25) is 9.59 Å². The van der Waals surface area contributed by atoms with Gasteiger partial charge in [-0.05, 0) is 55.3 Å². The quantitative estimate of drug-likeness (QED) is 0.582. The number of ether oxygens (including phenoxy) is 2. The first-order valence-electron chi connectivity index (χ1n) is 11.1. The molecule has 0 spiro atoms. The van der Waals surface area contributed by atoms with Crippen molar-refractivity contribution in [2.75, 3.05) is 19.5 Å². The lowest BCUT2D eigenvalue weighted by Gasteiger charge is -2.29. The maximum atomic E-state index is 13.1. The zero-order chi connectivity index (χ0) is 23.9. The van der Waals surface area contributed by atoms with Crippen LogP contribution in [-0.2, 0) is 19.1 Å². The molecule has 3 atom stereocenters. The number of hydrazone groups is 1. The van der Waals surface area contributed by atoms with Crippen molar-refractivity contribution in [1.82, 2.24) is 9.91 Å². The minimum absolute atomic E-state index is 0.0491. The van der Waals surface area contributed by atoms with Crippen molar-refractivity contribution in [2.45, 2.75) is 43.1 Å². The lowest BCUT2D eigenvalue weighted by molar-refractivity contribution is -0.159. The van der Waals surface area contributed by atoms with Gasteiger partial charge >= 0.3 is 5.97 Å². The second-order valence-electron chi connectivity index (χ2n) is 8.62. The molecule has 178 valence electrons. The van der Waals surface area contributed by atoms with Gasteiger partial charge in [0.15, 0.2) is 6.61 Å². The predicted molar refractivity (Wildman–Crippen MR) is 124 cm³/mol. The zero-order valence-corrected chi connectivity index (χ0v) is 19.7. The van der Waals surface area contributed by atoms with Crippen LogP contribution in [0.2, 0.25) is 0 Å². The molecule has 2 amide bonds. The summed E-state index contributed by atoms with van der Waals surface area (Å²) < 4.78 is 16.2. The molecular weight excluding hydrogens is 458 g/mol. The second kappa shape index (κ2) is 8.83. The average Bonchev–Trinajstić information content (AvgIpc) is 3.62. The molecule has 5 rings (SSSR count). The van der Waals surface area contributed by atoms with Gasteiger partial charge in [-0.15, -0.1) is 11.8 Å². The van der Waals surface area contributed by atoms with Gasteiger partial charge in [0.1, 0.15) is 23.6 Å². The van der Waals surface area contributed by atoms with E-state index >= 15 is 0 Å². The molecular formula is C24H25N3O6S. The number of amides is 2. The third-order valence-electron chi connectivity index (χ3n) is 6.52. The highest BCUT2D eigenvalue weighted by atomic mass is 32.2. The van der Waals surface area contributed by atoms with Gasteiger partial charge in [-0.1, -0.05) is 0 Å². The second-order valence-corrected chi connectivity index (χ2v) is 10.1. The normalized spacial score (nSPS) is 25.9. The van der Waals surface area contributed by atoms with Gasteiger partial charge in [-0.25, -0.2) is 9.80 Å². The number of methoxy groups -OCH3 is 1. The van der Waals surface area contributed by atoms with E-state index in [0.29, 0.717) is 36.5 Å². The van der Waals surface area contributed by atoms with E-state index in [1.165, 1.54) is 5.01 Å². The number of nitrogens with zero attached hydrogens (tertiary/aromatic N) is 3.